The Balaban J connectivity index is 1.77. The van der Waals surface area contributed by atoms with Crippen LogP contribution in [0.3, 0.4) is 0 Å². The Kier molecular flexibility index (Phi) is 4.25. The SMILES string of the molecule is N#CCC1(n2nc(-c3ncnc4c3C(C(F)(F)F)CC(=O)N4)c3ccccc32)CCC1. The zero-order chi connectivity index (χ0) is 21.8. The molecule has 1 aromatic carbocycles. The highest BCUT2D eigenvalue weighted by molar-refractivity contribution is 5.98. The summed E-state index contributed by atoms with van der Waals surface area (Å²) in [6, 6.07) is 9.47. The third kappa shape index (κ3) is 2.95. The molecule has 3 heterocycles. The zero-order valence-electron chi connectivity index (χ0n) is 16.3. The molecule has 0 radical (unpaired) electrons. The largest absolute Gasteiger partial charge is 0.396 e. The van der Waals surface area contributed by atoms with E-state index in [1.54, 1.807) is 16.8 Å². The second-order valence-electron chi connectivity index (χ2n) is 8.02. The number of amides is 1. The van der Waals surface area contributed by atoms with Crippen molar-refractivity contribution in [3.8, 4) is 17.5 Å². The summed E-state index contributed by atoms with van der Waals surface area (Å²) in [7, 11) is 0. The molecule has 1 saturated carbocycles. The molecular formula is C21H17F3N6O. The number of benzene rings is 1. The van der Waals surface area contributed by atoms with Crippen LogP contribution in [0.4, 0.5) is 19.0 Å². The van der Waals surface area contributed by atoms with Crippen LogP contribution in [0, 0.1) is 11.3 Å². The molecule has 1 aliphatic carbocycles. The van der Waals surface area contributed by atoms with Gasteiger partial charge in [-0.25, -0.2) is 9.97 Å². The molecule has 2 aliphatic rings. The minimum atomic E-state index is -4.64. The van der Waals surface area contributed by atoms with E-state index < -0.39 is 30.0 Å². The lowest BCUT2D eigenvalue weighted by molar-refractivity contribution is -0.156. The van der Waals surface area contributed by atoms with Crippen LogP contribution in [-0.2, 0) is 10.3 Å². The highest BCUT2D eigenvalue weighted by Crippen LogP contribution is 2.48. The molecule has 1 N–H and O–H groups in total. The Morgan fingerprint density at radius 1 is 1.23 bits per heavy atom. The van der Waals surface area contributed by atoms with E-state index in [-0.39, 0.29) is 23.5 Å². The van der Waals surface area contributed by atoms with E-state index in [9.17, 15) is 23.2 Å². The van der Waals surface area contributed by atoms with Gasteiger partial charge >= 0.3 is 6.18 Å². The van der Waals surface area contributed by atoms with Gasteiger partial charge in [0.15, 0.2) is 0 Å². The third-order valence-electron chi connectivity index (χ3n) is 6.23. The number of anilines is 1. The Hall–Kier alpha value is -3.48. The van der Waals surface area contributed by atoms with Crippen LogP contribution in [0.5, 0.6) is 0 Å². The second-order valence-corrected chi connectivity index (χ2v) is 8.02. The van der Waals surface area contributed by atoms with E-state index >= 15 is 0 Å². The minimum absolute atomic E-state index is 0.0497. The van der Waals surface area contributed by atoms with Crippen LogP contribution >= 0.6 is 0 Å². The van der Waals surface area contributed by atoms with Gasteiger partial charge in [-0.3, -0.25) is 9.48 Å². The fourth-order valence-electron chi connectivity index (χ4n) is 4.56. The molecule has 7 nitrogen and oxygen atoms in total. The fraction of sp³-hybridized carbons (Fsp3) is 0.381. The quantitative estimate of drug-likeness (QED) is 0.675. The molecule has 2 aromatic heterocycles. The van der Waals surface area contributed by atoms with Crippen LogP contribution in [0.25, 0.3) is 22.3 Å². The summed E-state index contributed by atoms with van der Waals surface area (Å²) in [6.07, 6.45) is -1.47. The van der Waals surface area contributed by atoms with Crippen molar-refractivity contribution in [2.45, 2.75) is 49.7 Å². The Bertz CT molecular complexity index is 1240. The molecule has 0 bridgehead atoms. The number of hydrogen-bond acceptors (Lipinski definition) is 5. The topological polar surface area (TPSA) is 96.5 Å². The van der Waals surface area contributed by atoms with Crippen LogP contribution in [-0.4, -0.2) is 31.8 Å². The van der Waals surface area contributed by atoms with Gasteiger partial charge in [0, 0.05) is 17.4 Å². The first-order valence-electron chi connectivity index (χ1n) is 9.91. The predicted molar refractivity (Wildman–Crippen MR) is 105 cm³/mol. The first-order chi connectivity index (χ1) is 14.8. The van der Waals surface area contributed by atoms with Gasteiger partial charge in [0.1, 0.15) is 23.5 Å². The minimum Gasteiger partial charge on any atom is -0.310 e. The number of nitrogens with zero attached hydrogens (tertiary/aromatic N) is 5. The maximum atomic E-state index is 13.9. The van der Waals surface area contributed by atoms with Gasteiger partial charge in [0.05, 0.1) is 29.5 Å². The molecule has 1 unspecified atom stereocenters. The average molecular weight is 426 g/mol. The van der Waals surface area contributed by atoms with Gasteiger partial charge in [-0.2, -0.15) is 23.5 Å². The van der Waals surface area contributed by atoms with Crippen LogP contribution < -0.4 is 5.32 Å². The normalized spacial score (nSPS) is 19.9. The van der Waals surface area contributed by atoms with E-state index in [0.717, 1.165) is 31.1 Å². The number of para-hydroxylation sites is 1. The van der Waals surface area contributed by atoms with Gasteiger partial charge in [-0.1, -0.05) is 18.2 Å². The number of halogens is 3. The Labute approximate surface area is 174 Å². The summed E-state index contributed by atoms with van der Waals surface area (Å²) >= 11 is 0. The van der Waals surface area contributed by atoms with Crippen molar-refractivity contribution in [3.05, 3.63) is 36.2 Å². The van der Waals surface area contributed by atoms with Crippen LogP contribution in [0.2, 0.25) is 0 Å². The first kappa shape index (κ1) is 19.5. The monoisotopic (exact) mass is 426 g/mol. The van der Waals surface area contributed by atoms with E-state index in [1.807, 2.05) is 12.1 Å². The molecule has 1 aliphatic heterocycles. The number of carbonyl (C=O) groups is 1. The van der Waals surface area contributed by atoms with Crippen LogP contribution in [0.15, 0.2) is 30.6 Å². The lowest BCUT2D eigenvalue weighted by atomic mass is 9.74. The van der Waals surface area contributed by atoms with Crippen molar-refractivity contribution in [1.29, 1.82) is 5.26 Å². The second kappa shape index (κ2) is 6.77. The number of hydrogen-bond donors (Lipinski definition) is 1. The standard InChI is InChI=1S/C21H17F3N6O/c22-21(23,24)13-10-15(31)28-19-16(13)18(26-11-27-19)17-12-4-1-2-5-14(12)30(29-17)20(8-9-25)6-3-7-20/h1-2,4-5,11,13H,3,6-8,10H2,(H,26,27,28,31). The molecule has 10 heteroatoms. The van der Waals surface area contributed by atoms with E-state index in [1.165, 1.54) is 0 Å². The van der Waals surface area contributed by atoms with E-state index in [0.29, 0.717) is 11.1 Å². The zero-order valence-corrected chi connectivity index (χ0v) is 16.3. The van der Waals surface area contributed by atoms with Crippen molar-refractivity contribution in [2.24, 2.45) is 0 Å². The maximum absolute atomic E-state index is 13.9. The number of alkyl halides is 3. The van der Waals surface area contributed by atoms with Crippen molar-refractivity contribution in [1.82, 2.24) is 19.7 Å². The summed E-state index contributed by atoms with van der Waals surface area (Å²) in [5.74, 6) is -2.90. The summed E-state index contributed by atoms with van der Waals surface area (Å²) in [4.78, 5) is 19.9. The molecule has 5 rings (SSSR count). The Morgan fingerprint density at radius 2 is 2.00 bits per heavy atom. The molecule has 3 aromatic rings. The van der Waals surface area contributed by atoms with Gasteiger partial charge < -0.3 is 5.32 Å². The van der Waals surface area contributed by atoms with Gasteiger partial charge in [0.2, 0.25) is 5.91 Å². The fourth-order valence-corrected chi connectivity index (χ4v) is 4.56. The number of fused-ring (bicyclic) bond motifs is 2. The lowest BCUT2D eigenvalue weighted by Crippen LogP contribution is -2.41. The summed E-state index contributed by atoms with van der Waals surface area (Å²) in [6.45, 7) is 0. The molecule has 1 amide bonds. The molecule has 31 heavy (non-hydrogen) atoms. The third-order valence-corrected chi connectivity index (χ3v) is 6.23. The Morgan fingerprint density at radius 3 is 2.68 bits per heavy atom. The molecule has 0 saturated heterocycles. The summed E-state index contributed by atoms with van der Waals surface area (Å²) < 4.78 is 43.4. The van der Waals surface area contributed by atoms with Gasteiger partial charge in [0.25, 0.3) is 0 Å². The number of carbonyl (C=O) groups excluding carboxylic acids is 1. The predicted octanol–water partition coefficient (Wildman–Crippen LogP) is 4.27. The van der Waals surface area contributed by atoms with Crippen molar-refractivity contribution >= 4 is 22.6 Å². The number of aromatic nitrogens is 4. The average Bonchev–Trinajstić information content (AvgIpc) is 3.08. The van der Waals surface area contributed by atoms with Gasteiger partial charge in [-0.15, -0.1) is 0 Å². The number of nitrogens with one attached hydrogen (secondary N) is 1. The lowest BCUT2D eigenvalue weighted by Gasteiger charge is -2.40. The molecular weight excluding hydrogens is 409 g/mol. The smallest absolute Gasteiger partial charge is 0.310 e. The van der Waals surface area contributed by atoms with Gasteiger partial charge in [-0.05, 0) is 25.3 Å². The summed E-state index contributed by atoms with van der Waals surface area (Å²) in [5, 5.41) is 17.1. The molecule has 158 valence electrons. The molecule has 1 atom stereocenters. The molecule has 1 fully saturated rings. The maximum Gasteiger partial charge on any atom is 0.396 e. The van der Waals surface area contributed by atoms with Crippen molar-refractivity contribution in [2.75, 3.05) is 5.32 Å². The first-order valence-corrected chi connectivity index (χ1v) is 9.91. The van der Waals surface area contributed by atoms with Crippen molar-refractivity contribution < 1.29 is 18.0 Å². The highest BCUT2D eigenvalue weighted by atomic mass is 19.4. The highest BCUT2D eigenvalue weighted by Gasteiger charge is 2.48. The van der Waals surface area contributed by atoms with Crippen LogP contribution in [0.1, 0.15) is 43.6 Å². The van der Waals surface area contributed by atoms with E-state index in [2.05, 4.69) is 21.4 Å². The summed E-state index contributed by atoms with van der Waals surface area (Å²) in [5.41, 5.74) is 0.436. The molecule has 0 spiro atoms. The number of nitriles is 1. The van der Waals surface area contributed by atoms with Crippen molar-refractivity contribution in [3.63, 3.8) is 0 Å². The van der Waals surface area contributed by atoms with E-state index in [4.69, 9.17) is 5.10 Å². The number of rotatable bonds is 3.